The molecule has 0 spiro atoms. The highest BCUT2D eigenvalue weighted by molar-refractivity contribution is 7.90. The molecular weight excluding hydrogens is 216 g/mol. The van der Waals surface area contributed by atoms with Gasteiger partial charge in [-0.05, 0) is 24.6 Å². The molecule has 0 saturated heterocycles. The fourth-order valence-corrected chi connectivity index (χ4v) is 2.07. The summed E-state index contributed by atoms with van der Waals surface area (Å²) in [7, 11) is -1.90. The van der Waals surface area contributed by atoms with Crippen LogP contribution in [0.25, 0.3) is 0 Å². The Hall–Kier alpha value is -1.07. The molecule has 15 heavy (non-hydrogen) atoms. The van der Waals surface area contributed by atoms with E-state index in [2.05, 4.69) is 0 Å². The zero-order chi connectivity index (χ0) is 11.6. The second kappa shape index (κ2) is 4.20. The first-order valence-electron chi connectivity index (χ1n) is 4.42. The van der Waals surface area contributed by atoms with Gasteiger partial charge in [-0.1, -0.05) is 6.07 Å². The monoisotopic (exact) mass is 230 g/mol. The molecule has 84 valence electrons. The molecule has 1 unspecified atom stereocenters. The zero-order valence-corrected chi connectivity index (χ0v) is 9.71. The molecule has 0 aliphatic heterocycles. The van der Waals surface area contributed by atoms with Crippen molar-refractivity contribution in [2.45, 2.75) is 17.9 Å². The highest BCUT2D eigenvalue weighted by atomic mass is 32.2. The van der Waals surface area contributed by atoms with Crippen molar-refractivity contribution in [1.29, 1.82) is 0 Å². The zero-order valence-electron chi connectivity index (χ0n) is 8.89. The van der Waals surface area contributed by atoms with Crippen molar-refractivity contribution >= 4 is 9.84 Å². The molecule has 0 saturated carbocycles. The Kier molecular flexibility index (Phi) is 3.36. The Balaban J connectivity index is 3.34. The molecule has 1 rings (SSSR count). The van der Waals surface area contributed by atoms with Crippen molar-refractivity contribution in [3.05, 3.63) is 23.8 Å². The predicted octanol–water partition coefficient (Wildman–Crippen LogP) is 1.15. The van der Waals surface area contributed by atoms with Crippen LogP contribution in [0.4, 0.5) is 0 Å². The molecular formula is C10H14O4S. The first-order valence-corrected chi connectivity index (χ1v) is 6.31. The van der Waals surface area contributed by atoms with Crippen LogP contribution in [0.5, 0.6) is 5.75 Å². The van der Waals surface area contributed by atoms with Gasteiger partial charge < -0.3 is 9.84 Å². The Morgan fingerprint density at radius 1 is 1.40 bits per heavy atom. The maximum absolute atomic E-state index is 11.4. The molecule has 0 bridgehead atoms. The molecule has 1 aromatic rings. The van der Waals surface area contributed by atoms with E-state index in [4.69, 9.17) is 4.74 Å². The third-order valence-electron chi connectivity index (χ3n) is 2.07. The SMILES string of the molecule is COc1cc(C(C)O)ccc1S(C)(=O)=O. The minimum Gasteiger partial charge on any atom is -0.495 e. The number of hydrogen-bond acceptors (Lipinski definition) is 4. The van der Waals surface area contributed by atoms with Gasteiger partial charge in [-0.15, -0.1) is 0 Å². The van der Waals surface area contributed by atoms with E-state index in [9.17, 15) is 13.5 Å². The van der Waals surface area contributed by atoms with Crippen molar-refractivity contribution in [2.75, 3.05) is 13.4 Å². The number of aliphatic hydroxyl groups excluding tert-OH is 1. The standard InChI is InChI=1S/C10H14O4S/c1-7(11)8-4-5-10(15(3,12)13)9(6-8)14-2/h4-7,11H,1-3H3. The summed E-state index contributed by atoms with van der Waals surface area (Å²) in [5, 5.41) is 9.33. The van der Waals surface area contributed by atoms with Crippen LogP contribution < -0.4 is 4.74 Å². The van der Waals surface area contributed by atoms with Crippen LogP contribution >= 0.6 is 0 Å². The first kappa shape index (κ1) is 12.0. The van der Waals surface area contributed by atoms with Crippen molar-refractivity contribution in [1.82, 2.24) is 0 Å². The largest absolute Gasteiger partial charge is 0.495 e. The summed E-state index contributed by atoms with van der Waals surface area (Å²) in [5.41, 5.74) is 0.624. The lowest BCUT2D eigenvalue weighted by Crippen LogP contribution is -2.02. The highest BCUT2D eigenvalue weighted by Gasteiger charge is 2.15. The van der Waals surface area contributed by atoms with E-state index in [1.807, 2.05) is 0 Å². The number of aliphatic hydroxyl groups is 1. The van der Waals surface area contributed by atoms with Crippen molar-refractivity contribution in [2.24, 2.45) is 0 Å². The third-order valence-corrected chi connectivity index (χ3v) is 3.21. The van der Waals surface area contributed by atoms with Crippen LogP contribution in [0.15, 0.2) is 23.1 Å². The highest BCUT2D eigenvalue weighted by Crippen LogP contribution is 2.27. The normalized spacial score (nSPS) is 13.6. The second-order valence-corrected chi connectivity index (χ2v) is 5.34. The quantitative estimate of drug-likeness (QED) is 0.846. The van der Waals surface area contributed by atoms with E-state index in [1.165, 1.54) is 19.2 Å². The lowest BCUT2D eigenvalue weighted by atomic mass is 10.1. The fourth-order valence-electron chi connectivity index (χ4n) is 1.25. The topological polar surface area (TPSA) is 63.6 Å². The van der Waals surface area contributed by atoms with Gasteiger partial charge in [0.1, 0.15) is 10.6 Å². The Bertz CT molecular complexity index is 448. The van der Waals surface area contributed by atoms with E-state index in [-0.39, 0.29) is 10.6 Å². The van der Waals surface area contributed by atoms with E-state index in [0.717, 1.165) is 6.26 Å². The van der Waals surface area contributed by atoms with Crippen molar-refractivity contribution in [3.8, 4) is 5.75 Å². The molecule has 5 heteroatoms. The van der Waals surface area contributed by atoms with Crippen LogP contribution in [-0.4, -0.2) is 26.9 Å². The first-order chi connectivity index (χ1) is 6.86. The van der Waals surface area contributed by atoms with Gasteiger partial charge in [-0.25, -0.2) is 8.42 Å². The van der Waals surface area contributed by atoms with Crippen molar-refractivity contribution in [3.63, 3.8) is 0 Å². The summed E-state index contributed by atoms with van der Waals surface area (Å²) >= 11 is 0. The summed E-state index contributed by atoms with van der Waals surface area (Å²) in [4.78, 5) is 0.134. The molecule has 0 aliphatic rings. The lowest BCUT2D eigenvalue weighted by Gasteiger charge is -2.10. The average molecular weight is 230 g/mol. The van der Waals surface area contributed by atoms with Crippen LogP contribution in [0.3, 0.4) is 0 Å². The van der Waals surface area contributed by atoms with Crippen LogP contribution in [0.2, 0.25) is 0 Å². The smallest absolute Gasteiger partial charge is 0.179 e. The molecule has 0 fully saturated rings. The van der Waals surface area contributed by atoms with Gasteiger partial charge >= 0.3 is 0 Å². The number of benzene rings is 1. The van der Waals surface area contributed by atoms with Gasteiger partial charge in [0.05, 0.1) is 13.2 Å². The van der Waals surface area contributed by atoms with Gasteiger partial charge in [0.15, 0.2) is 9.84 Å². The van der Waals surface area contributed by atoms with E-state index in [0.29, 0.717) is 5.56 Å². The summed E-state index contributed by atoms with van der Waals surface area (Å²) in [6, 6.07) is 4.54. The summed E-state index contributed by atoms with van der Waals surface area (Å²) in [6.45, 7) is 1.61. The van der Waals surface area contributed by atoms with Gasteiger partial charge in [-0.2, -0.15) is 0 Å². The number of methoxy groups -OCH3 is 1. The van der Waals surface area contributed by atoms with Gasteiger partial charge in [0.25, 0.3) is 0 Å². The second-order valence-electron chi connectivity index (χ2n) is 3.36. The third kappa shape index (κ3) is 2.70. The Morgan fingerprint density at radius 2 is 2.00 bits per heavy atom. The van der Waals surface area contributed by atoms with Crippen LogP contribution in [-0.2, 0) is 9.84 Å². The van der Waals surface area contributed by atoms with Crippen molar-refractivity contribution < 1.29 is 18.3 Å². The fraction of sp³-hybridized carbons (Fsp3) is 0.400. The summed E-state index contributed by atoms with van der Waals surface area (Å²) in [6.07, 6.45) is 0.472. The number of sulfone groups is 1. The van der Waals surface area contributed by atoms with E-state index in [1.54, 1.807) is 13.0 Å². The van der Waals surface area contributed by atoms with Crippen LogP contribution in [0, 0.1) is 0 Å². The number of ether oxygens (including phenoxy) is 1. The average Bonchev–Trinajstić information content (AvgIpc) is 2.15. The molecule has 0 heterocycles. The molecule has 1 aromatic carbocycles. The molecule has 0 aliphatic carbocycles. The Morgan fingerprint density at radius 3 is 2.40 bits per heavy atom. The predicted molar refractivity (Wildman–Crippen MR) is 56.7 cm³/mol. The van der Waals surface area contributed by atoms with Crippen LogP contribution in [0.1, 0.15) is 18.6 Å². The molecule has 0 amide bonds. The lowest BCUT2D eigenvalue weighted by molar-refractivity contribution is 0.198. The Labute approximate surface area is 89.4 Å². The minimum atomic E-state index is -3.29. The number of rotatable bonds is 3. The minimum absolute atomic E-state index is 0.134. The molecule has 0 aromatic heterocycles. The van der Waals surface area contributed by atoms with E-state index >= 15 is 0 Å². The van der Waals surface area contributed by atoms with Gasteiger partial charge in [-0.3, -0.25) is 0 Å². The molecule has 1 N–H and O–H groups in total. The molecule has 1 atom stereocenters. The van der Waals surface area contributed by atoms with E-state index < -0.39 is 15.9 Å². The maximum Gasteiger partial charge on any atom is 0.179 e. The van der Waals surface area contributed by atoms with Gasteiger partial charge in [0, 0.05) is 6.26 Å². The summed E-state index contributed by atoms with van der Waals surface area (Å²) in [5.74, 6) is 0.260. The molecule has 0 radical (unpaired) electrons. The number of hydrogen-bond donors (Lipinski definition) is 1. The molecule has 4 nitrogen and oxygen atoms in total. The summed E-state index contributed by atoms with van der Waals surface area (Å²) < 4.78 is 27.7. The maximum atomic E-state index is 11.4. The van der Waals surface area contributed by atoms with Gasteiger partial charge in [0.2, 0.25) is 0 Å².